The minimum absolute atomic E-state index is 0.152. The minimum atomic E-state index is 0.152. The molecular weight excluding hydrogens is 454 g/mol. The van der Waals surface area contributed by atoms with Crippen molar-refractivity contribution in [3.05, 3.63) is 54.5 Å². The second kappa shape index (κ2) is 11.6. The maximum atomic E-state index is 12.3. The third-order valence-electron chi connectivity index (χ3n) is 7.04. The molecule has 36 heavy (non-hydrogen) atoms. The van der Waals surface area contributed by atoms with E-state index in [4.69, 9.17) is 4.74 Å². The Morgan fingerprint density at radius 2 is 1.94 bits per heavy atom. The molecule has 9 nitrogen and oxygen atoms in total. The molecule has 190 valence electrons. The van der Waals surface area contributed by atoms with Gasteiger partial charge in [-0.1, -0.05) is 12.1 Å². The quantitative estimate of drug-likeness (QED) is 0.541. The summed E-state index contributed by atoms with van der Waals surface area (Å²) in [6.07, 6.45) is 4.39. The summed E-state index contributed by atoms with van der Waals surface area (Å²) in [5.74, 6) is 2.30. The standard InChI is InChI=1S/C27H35N7O2/c1-21(35)34-10-9-32(8-7-29-26-17-27(31-20-30-26)33-11-13-36-14-12-33)18-23(19-34)15-22-4-5-25-24(16-22)3-2-6-28-25/h2-6,16-17,20,23H,7-15,18-19H2,1H3,(H,29,30,31). The summed E-state index contributed by atoms with van der Waals surface area (Å²) >= 11 is 0. The molecule has 1 atom stereocenters. The van der Waals surface area contributed by atoms with E-state index in [1.807, 2.05) is 23.2 Å². The van der Waals surface area contributed by atoms with Gasteiger partial charge in [-0.05, 0) is 36.1 Å². The summed E-state index contributed by atoms with van der Waals surface area (Å²) in [7, 11) is 0. The first-order chi connectivity index (χ1) is 17.6. The monoisotopic (exact) mass is 489 g/mol. The zero-order valence-electron chi connectivity index (χ0n) is 21.0. The maximum Gasteiger partial charge on any atom is 0.219 e. The number of ether oxygens (including phenoxy) is 1. The Labute approximate surface area is 212 Å². The lowest BCUT2D eigenvalue weighted by molar-refractivity contribution is -0.129. The molecule has 3 aromatic rings. The molecule has 5 rings (SSSR count). The van der Waals surface area contributed by atoms with Crippen molar-refractivity contribution in [3.63, 3.8) is 0 Å². The molecule has 1 aromatic carbocycles. The third-order valence-corrected chi connectivity index (χ3v) is 7.04. The highest BCUT2D eigenvalue weighted by molar-refractivity contribution is 5.79. The van der Waals surface area contributed by atoms with E-state index >= 15 is 0 Å². The first kappa shape index (κ1) is 24.4. The molecule has 0 radical (unpaired) electrons. The van der Waals surface area contributed by atoms with Gasteiger partial charge < -0.3 is 19.9 Å². The largest absolute Gasteiger partial charge is 0.378 e. The molecule has 4 heterocycles. The molecule has 1 unspecified atom stereocenters. The number of amides is 1. The Hall–Kier alpha value is -3.30. The molecule has 2 aromatic heterocycles. The zero-order chi connectivity index (χ0) is 24.7. The Bertz CT molecular complexity index is 1170. The van der Waals surface area contributed by atoms with Crippen LogP contribution in [0.3, 0.4) is 0 Å². The number of fused-ring (bicyclic) bond motifs is 1. The average Bonchev–Trinajstić information content (AvgIpc) is 3.11. The van der Waals surface area contributed by atoms with Gasteiger partial charge in [-0.3, -0.25) is 14.7 Å². The van der Waals surface area contributed by atoms with Gasteiger partial charge in [0.1, 0.15) is 18.0 Å². The number of morpholine rings is 1. The van der Waals surface area contributed by atoms with Gasteiger partial charge in [0.25, 0.3) is 0 Å². The van der Waals surface area contributed by atoms with Crippen molar-refractivity contribution in [1.29, 1.82) is 0 Å². The van der Waals surface area contributed by atoms with E-state index in [0.717, 1.165) is 94.5 Å². The van der Waals surface area contributed by atoms with E-state index in [-0.39, 0.29) is 5.91 Å². The fourth-order valence-corrected chi connectivity index (χ4v) is 5.13. The van der Waals surface area contributed by atoms with Crippen LogP contribution in [0.4, 0.5) is 11.6 Å². The predicted octanol–water partition coefficient (Wildman–Crippen LogP) is 2.30. The SMILES string of the molecule is CC(=O)N1CCN(CCNc2cc(N3CCOCC3)ncn2)CC(Cc2ccc3ncccc3c2)C1. The van der Waals surface area contributed by atoms with Crippen molar-refractivity contribution in [2.45, 2.75) is 13.3 Å². The average molecular weight is 490 g/mol. The van der Waals surface area contributed by atoms with Crippen molar-refractivity contribution < 1.29 is 9.53 Å². The topological polar surface area (TPSA) is 86.7 Å². The van der Waals surface area contributed by atoms with Gasteiger partial charge in [0.05, 0.1) is 18.7 Å². The van der Waals surface area contributed by atoms with Crippen LogP contribution in [-0.4, -0.2) is 96.2 Å². The van der Waals surface area contributed by atoms with Gasteiger partial charge in [-0.2, -0.15) is 0 Å². The number of anilines is 2. The van der Waals surface area contributed by atoms with Crippen molar-refractivity contribution >= 4 is 28.4 Å². The number of carbonyl (C=O) groups excluding carboxylic acids is 1. The highest BCUT2D eigenvalue weighted by Gasteiger charge is 2.24. The van der Waals surface area contributed by atoms with E-state index in [1.165, 1.54) is 5.56 Å². The molecule has 1 amide bonds. The first-order valence-corrected chi connectivity index (χ1v) is 12.8. The molecule has 1 N–H and O–H groups in total. The second-order valence-corrected chi connectivity index (χ2v) is 9.65. The minimum Gasteiger partial charge on any atom is -0.378 e. The van der Waals surface area contributed by atoms with Gasteiger partial charge in [0.2, 0.25) is 5.91 Å². The van der Waals surface area contributed by atoms with Crippen LogP contribution >= 0.6 is 0 Å². The Kier molecular flexibility index (Phi) is 7.88. The van der Waals surface area contributed by atoms with Gasteiger partial charge in [0, 0.05) is 76.9 Å². The number of hydrogen-bond acceptors (Lipinski definition) is 8. The van der Waals surface area contributed by atoms with E-state index in [9.17, 15) is 4.79 Å². The fraction of sp³-hybridized carbons (Fsp3) is 0.481. The molecule has 2 aliphatic rings. The maximum absolute atomic E-state index is 12.3. The third kappa shape index (κ3) is 6.27. The Morgan fingerprint density at radius 3 is 2.81 bits per heavy atom. The van der Waals surface area contributed by atoms with E-state index in [0.29, 0.717) is 5.92 Å². The van der Waals surface area contributed by atoms with Crippen LogP contribution in [0.15, 0.2) is 48.9 Å². The smallest absolute Gasteiger partial charge is 0.219 e. The van der Waals surface area contributed by atoms with Gasteiger partial charge in [-0.25, -0.2) is 9.97 Å². The van der Waals surface area contributed by atoms with Crippen LogP contribution in [0, 0.1) is 5.92 Å². The molecule has 0 bridgehead atoms. The molecule has 0 saturated carbocycles. The van der Waals surface area contributed by atoms with Crippen LogP contribution in [0.2, 0.25) is 0 Å². The Balaban J connectivity index is 1.20. The van der Waals surface area contributed by atoms with E-state index in [1.54, 1.807) is 13.3 Å². The molecule has 2 aliphatic heterocycles. The summed E-state index contributed by atoms with van der Waals surface area (Å²) in [5.41, 5.74) is 2.31. The number of nitrogens with one attached hydrogen (secondary N) is 1. The number of pyridine rings is 1. The highest BCUT2D eigenvalue weighted by Crippen LogP contribution is 2.20. The van der Waals surface area contributed by atoms with Gasteiger partial charge in [0.15, 0.2) is 0 Å². The van der Waals surface area contributed by atoms with Crippen LogP contribution in [0.1, 0.15) is 12.5 Å². The Morgan fingerprint density at radius 1 is 1.06 bits per heavy atom. The lowest BCUT2D eigenvalue weighted by atomic mass is 9.97. The highest BCUT2D eigenvalue weighted by atomic mass is 16.5. The molecule has 2 saturated heterocycles. The van der Waals surface area contributed by atoms with Crippen molar-refractivity contribution in [1.82, 2.24) is 24.8 Å². The van der Waals surface area contributed by atoms with E-state index < -0.39 is 0 Å². The van der Waals surface area contributed by atoms with Gasteiger partial charge in [-0.15, -0.1) is 0 Å². The summed E-state index contributed by atoms with van der Waals surface area (Å²) in [6.45, 7) is 9.92. The fourth-order valence-electron chi connectivity index (χ4n) is 5.13. The lowest BCUT2D eigenvalue weighted by Crippen LogP contribution is -2.37. The molecule has 0 aliphatic carbocycles. The number of aromatic nitrogens is 3. The number of benzene rings is 1. The van der Waals surface area contributed by atoms with Crippen molar-refractivity contribution in [2.75, 3.05) is 75.8 Å². The second-order valence-electron chi connectivity index (χ2n) is 9.65. The lowest BCUT2D eigenvalue weighted by Gasteiger charge is -2.28. The van der Waals surface area contributed by atoms with Gasteiger partial charge >= 0.3 is 0 Å². The zero-order valence-corrected chi connectivity index (χ0v) is 21.0. The van der Waals surface area contributed by atoms with Crippen LogP contribution < -0.4 is 10.2 Å². The summed E-state index contributed by atoms with van der Waals surface area (Å²) < 4.78 is 5.45. The number of hydrogen-bond donors (Lipinski definition) is 1. The van der Waals surface area contributed by atoms with E-state index in [2.05, 4.69) is 54.3 Å². The summed E-state index contributed by atoms with van der Waals surface area (Å²) in [4.78, 5) is 32.2. The predicted molar refractivity (Wildman–Crippen MR) is 141 cm³/mol. The van der Waals surface area contributed by atoms with Crippen LogP contribution in [0.25, 0.3) is 10.9 Å². The molecular formula is C27H35N7O2. The summed E-state index contributed by atoms with van der Waals surface area (Å²) in [6, 6.07) is 12.6. The summed E-state index contributed by atoms with van der Waals surface area (Å²) in [5, 5.41) is 4.63. The van der Waals surface area contributed by atoms with Crippen molar-refractivity contribution in [2.24, 2.45) is 5.92 Å². The number of rotatable bonds is 7. The number of carbonyl (C=O) groups is 1. The van der Waals surface area contributed by atoms with Crippen molar-refractivity contribution in [3.8, 4) is 0 Å². The molecule has 0 spiro atoms. The van der Waals surface area contributed by atoms with Crippen LogP contribution in [0.5, 0.6) is 0 Å². The molecule has 2 fully saturated rings. The molecule has 9 heteroatoms. The van der Waals surface area contributed by atoms with Crippen LogP contribution in [-0.2, 0) is 16.0 Å². The first-order valence-electron chi connectivity index (χ1n) is 12.8. The normalized spacial score (nSPS) is 19.3. The number of nitrogens with zero attached hydrogens (tertiary/aromatic N) is 6.